The van der Waals surface area contributed by atoms with E-state index in [-0.39, 0.29) is 24.6 Å². The van der Waals surface area contributed by atoms with Gasteiger partial charge in [-0.15, -0.1) is 11.3 Å². The first-order valence-electron chi connectivity index (χ1n) is 12.1. The minimum absolute atomic E-state index is 0.0706. The molecule has 37 heavy (non-hydrogen) atoms. The van der Waals surface area contributed by atoms with Crippen molar-refractivity contribution in [1.82, 2.24) is 4.90 Å². The van der Waals surface area contributed by atoms with Gasteiger partial charge in [-0.05, 0) is 67.8 Å². The average molecular weight is 525 g/mol. The Kier molecular flexibility index (Phi) is 6.72. The molecule has 1 fully saturated rings. The van der Waals surface area contributed by atoms with Crippen LogP contribution in [0.5, 0.6) is 5.75 Å². The number of phenols is 1. The van der Waals surface area contributed by atoms with Gasteiger partial charge in [0.05, 0.1) is 16.5 Å². The quantitative estimate of drug-likeness (QED) is 0.250. The lowest BCUT2D eigenvalue weighted by Gasteiger charge is -2.40. The van der Waals surface area contributed by atoms with Gasteiger partial charge in [0.1, 0.15) is 5.75 Å². The number of carbonyl (C=O) groups excluding carboxylic acids is 1. The number of carbonyl (C=O) groups is 1. The molecule has 0 bridgehead atoms. The van der Waals surface area contributed by atoms with Crippen LogP contribution < -0.4 is 5.32 Å². The lowest BCUT2D eigenvalue weighted by molar-refractivity contribution is -0.208. The molecule has 1 aliphatic heterocycles. The Morgan fingerprint density at radius 3 is 2.49 bits per heavy atom. The monoisotopic (exact) mass is 524 g/mol. The van der Waals surface area contributed by atoms with Gasteiger partial charge in [0.2, 0.25) is 5.78 Å². The van der Waals surface area contributed by atoms with Gasteiger partial charge in [0, 0.05) is 41.0 Å². The summed E-state index contributed by atoms with van der Waals surface area (Å²) in [5.74, 6) is -1.14. The highest BCUT2D eigenvalue weighted by Gasteiger charge is 2.46. The van der Waals surface area contributed by atoms with E-state index in [0.717, 1.165) is 32.5 Å². The molecular weight excluding hydrogens is 497 g/mol. The van der Waals surface area contributed by atoms with Gasteiger partial charge in [0.25, 0.3) is 0 Å². The average Bonchev–Trinajstić information content (AvgIpc) is 3.16. The van der Waals surface area contributed by atoms with Gasteiger partial charge in [-0.3, -0.25) is 4.79 Å². The zero-order valence-electron chi connectivity index (χ0n) is 20.5. The summed E-state index contributed by atoms with van der Waals surface area (Å²) in [6.45, 7) is 4.60. The van der Waals surface area contributed by atoms with Crippen LogP contribution in [-0.4, -0.2) is 41.6 Å². The number of benzene rings is 3. The summed E-state index contributed by atoms with van der Waals surface area (Å²) in [5, 5.41) is 14.2. The number of hydrogen-bond acceptors (Lipinski definition) is 5. The second-order valence-corrected chi connectivity index (χ2v) is 10.8. The fourth-order valence-electron chi connectivity index (χ4n) is 4.62. The Labute approximate surface area is 217 Å². The highest BCUT2D eigenvalue weighted by molar-refractivity contribution is 7.21. The van der Waals surface area contributed by atoms with E-state index >= 15 is 0 Å². The van der Waals surface area contributed by atoms with Crippen LogP contribution in [0, 0.1) is 19.8 Å². The summed E-state index contributed by atoms with van der Waals surface area (Å²) >= 11 is 1.34. The van der Waals surface area contributed by atoms with E-state index in [0.29, 0.717) is 29.1 Å². The minimum Gasteiger partial charge on any atom is -0.508 e. The SMILES string of the molecule is Cc1ccc(C)c(C(=O)c2sc3cc(O)ccc3c2Nc2ccc(CCN3CC(C(F)(F)F)C3)cc2)c1. The number of rotatable bonds is 7. The first-order chi connectivity index (χ1) is 17.6. The molecule has 1 aliphatic rings. The third kappa shape index (κ3) is 5.36. The topological polar surface area (TPSA) is 52.6 Å². The van der Waals surface area contributed by atoms with E-state index < -0.39 is 12.1 Å². The third-order valence-corrected chi connectivity index (χ3v) is 8.03. The number of fused-ring (bicyclic) bond motifs is 1. The second kappa shape index (κ2) is 9.84. The van der Waals surface area contributed by atoms with Crippen molar-refractivity contribution in [3.63, 3.8) is 0 Å². The molecule has 192 valence electrons. The van der Waals surface area contributed by atoms with E-state index in [1.807, 2.05) is 61.2 Å². The van der Waals surface area contributed by atoms with Crippen LogP contribution in [-0.2, 0) is 6.42 Å². The van der Waals surface area contributed by atoms with Crippen LogP contribution >= 0.6 is 11.3 Å². The number of likely N-dealkylation sites (tertiary alicyclic amines) is 1. The molecule has 1 aromatic heterocycles. The third-order valence-electron chi connectivity index (χ3n) is 6.88. The molecule has 0 radical (unpaired) electrons. The van der Waals surface area contributed by atoms with Gasteiger partial charge in [0.15, 0.2) is 0 Å². The first kappa shape index (κ1) is 25.3. The Bertz CT molecular complexity index is 1450. The van der Waals surface area contributed by atoms with E-state index in [1.54, 1.807) is 18.2 Å². The molecular formula is C29H27F3N2O2S. The zero-order valence-corrected chi connectivity index (χ0v) is 21.3. The normalized spacial score (nSPS) is 14.6. The van der Waals surface area contributed by atoms with Crippen LogP contribution in [0.3, 0.4) is 0 Å². The largest absolute Gasteiger partial charge is 0.508 e. The van der Waals surface area contributed by atoms with E-state index in [1.165, 1.54) is 11.3 Å². The second-order valence-electron chi connectivity index (χ2n) is 9.70. The molecule has 2 heterocycles. The minimum atomic E-state index is -4.10. The van der Waals surface area contributed by atoms with E-state index in [2.05, 4.69) is 5.32 Å². The van der Waals surface area contributed by atoms with Gasteiger partial charge >= 0.3 is 6.18 Å². The number of nitrogens with one attached hydrogen (secondary N) is 1. The van der Waals surface area contributed by atoms with E-state index in [9.17, 15) is 23.1 Å². The molecule has 3 aromatic carbocycles. The lowest BCUT2D eigenvalue weighted by atomic mass is 9.99. The molecule has 0 saturated carbocycles. The van der Waals surface area contributed by atoms with Crippen LogP contribution in [0.1, 0.15) is 31.9 Å². The highest BCUT2D eigenvalue weighted by atomic mass is 32.1. The number of thiophene rings is 1. The highest BCUT2D eigenvalue weighted by Crippen LogP contribution is 2.41. The first-order valence-corrected chi connectivity index (χ1v) is 12.9. The van der Waals surface area contributed by atoms with Gasteiger partial charge in [-0.1, -0.05) is 29.8 Å². The summed E-state index contributed by atoms with van der Waals surface area (Å²) < 4.78 is 38.9. The number of halogens is 3. The molecule has 1 saturated heterocycles. The molecule has 0 aliphatic carbocycles. The molecule has 0 atom stereocenters. The van der Waals surface area contributed by atoms with Crippen molar-refractivity contribution in [3.05, 3.63) is 87.8 Å². The summed E-state index contributed by atoms with van der Waals surface area (Å²) in [6.07, 6.45) is -3.44. The van der Waals surface area contributed by atoms with Crippen LogP contribution in [0.25, 0.3) is 10.1 Å². The maximum absolute atomic E-state index is 13.6. The number of phenolic OH excluding ortho intramolecular Hbond substituents is 1. The molecule has 0 unspecified atom stereocenters. The van der Waals surface area contributed by atoms with Gasteiger partial charge in [-0.2, -0.15) is 13.2 Å². The van der Waals surface area contributed by atoms with Crippen LogP contribution in [0.2, 0.25) is 0 Å². The predicted octanol–water partition coefficient (Wildman–Crippen LogP) is 7.23. The van der Waals surface area contributed by atoms with Crippen LogP contribution in [0.15, 0.2) is 60.7 Å². The maximum atomic E-state index is 13.6. The fourth-order valence-corrected chi connectivity index (χ4v) is 5.76. The molecule has 0 amide bonds. The Balaban J connectivity index is 1.35. The summed E-state index contributed by atoms with van der Waals surface area (Å²) in [5.41, 5.74) is 5.07. The smallest absolute Gasteiger partial charge is 0.394 e. The molecule has 4 nitrogen and oxygen atoms in total. The maximum Gasteiger partial charge on any atom is 0.394 e. The van der Waals surface area contributed by atoms with Crippen molar-refractivity contribution >= 4 is 38.6 Å². The van der Waals surface area contributed by atoms with Crippen molar-refractivity contribution in [3.8, 4) is 5.75 Å². The number of ketones is 1. The number of nitrogens with zero attached hydrogens (tertiary/aromatic N) is 1. The number of hydrogen-bond donors (Lipinski definition) is 2. The van der Waals surface area contributed by atoms with Crippen molar-refractivity contribution in [1.29, 1.82) is 0 Å². The Hall–Kier alpha value is -3.36. The zero-order chi connectivity index (χ0) is 26.3. The summed E-state index contributed by atoms with van der Waals surface area (Å²) in [6, 6.07) is 18.6. The predicted molar refractivity (Wildman–Crippen MR) is 142 cm³/mol. The number of aryl methyl sites for hydroxylation is 2. The Morgan fingerprint density at radius 2 is 1.78 bits per heavy atom. The molecule has 0 spiro atoms. The standard InChI is InChI=1S/C29H27F3N2O2S/c1-17-3-4-18(2)24(13-17)27(36)28-26(23-10-9-22(35)14-25(23)37-28)33-21-7-5-19(6-8-21)11-12-34-15-20(16-34)29(30,31)32/h3-10,13-14,20,33,35H,11-12,15-16H2,1-2H3. The molecule has 4 aromatic rings. The molecule has 8 heteroatoms. The van der Waals surface area contributed by atoms with Gasteiger partial charge < -0.3 is 15.3 Å². The van der Waals surface area contributed by atoms with Gasteiger partial charge in [-0.25, -0.2) is 0 Å². The van der Waals surface area contributed by atoms with Crippen molar-refractivity contribution in [2.24, 2.45) is 5.92 Å². The lowest BCUT2D eigenvalue weighted by Crippen LogP contribution is -2.53. The van der Waals surface area contributed by atoms with Crippen molar-refractivity contribution in [2.75, 3.05) is 25.0 Å². The number of anilines is 2. The Morgan fingerprint density at radius 1 is 1.05 bits per heavy atom. The molecule has 2 N–H and O–H groups in total. The van der Waals surface area contributed by atoms with E-state index in [4.69, 9.17) is 0 Å². The number of aromatic hydroxyl groups is 1. The summed E-state index contributed by atoms with van der Waals surface area (Å²) in [4.78, 5) is 16.0. The van der Waals surface area contributed by atoms with Crippen LogP contribution in [0.4, 0.5) is 24.5 Å². The van der Waals surface area contributed by atoms with Crippen molar-refractivity contribution in [2.45, 2.75) is 26.4 Å². The summed E-state index contributed by atoms with van der Waals surface area (Å²) in [7, 11) is 0. The molecule has 5 rings (SSSR count). The van der Waals surface area contributed by atoms with Crippen molar-refractivity contribution < 1.29 is 23.1 Å². The fraction of sp³-hybridized carbons (Fsp3) is 0.276. The number of alkyl halides is 3.